The predicted molar refractivity (Wildman–Crippen MR) is 116 cm³/mol. The van der Waals surface area contributed by atoms with E-state index >= 15 is 0 Å². The van der Waals surface area contributed by atoms with E-state index in [0.717, 1.165) is 45.3 Å². The minimum Gasteiger partial charge on any atom is -0.387 e. The van der Waals surface area contributed by atoms with Gasteiger partial charge in [-0.2, -0.15) is 4.99 Å². The molecule has 1 aromatic rings. The summed E-state index contributed by atoms with van der Waals surface area (Å²) >= 11 is 0. The molecule has 0 aromatic carbocycles. The minimum absolute atomic E-state index is 0.0739. The number of amides is 2. The lowest BCUT2D eigenvalue weighted by Crippen LogP contribution is -2.38. The van der Waals surface area contributed by atoms with Crippen molar-refractivity contribution in [3.63, 3.8) is 0 Å². The molecule has 9 heteroatoms. The van der Waals surface area contributed by atoms with Gasteiger partial charge in [-0.1, -0.05) is 13.8 Å². The van der Waals surface area contributed by atoms with Crippen molar-refractivity contribution < 1.29 is 13.2 Å². The molecule has 2 amide bonds. The Labute approximate surface area is 173 Å². The van der Waals surface area contributed by atoms with Crippen molar-refractivity contribution in [1.29, 1.82) is 0 Å². The van der Waals surface area contributed by atoms with Gasteiger partial charge < -0.3 is 16.0 Å². The average Bonchev–Trinajstić information content (AvgIpc) is 2.64. The zero-order chi connectivity index (χ0) is 21.6. The first kappa shape index (κ1) is 23.1. The third-order valence-corrected chi connectivity index (χ3v) is 6.46. The van der Waals surface area contributed by atoms with Crippen LogP contribution < -0.4 is 11.1 Å². The number of nitrogens with one attached hydrogen (secondary N) is 1. The maximum absolute atomic E-state index is 12.2. The molecular weight excluding hydrogens is 390 g/mol. The fourth-order valence-electron chi connectivity index (χ4n) is 3.37. The lowest BCUT2D eigenvalue weighted by molar-refractivity contribution is 0.176. The maximum Gasteiger partial charge on any atom is 0.345 e. The highest BCUT2D eigenvalue weighted by atomic mass is 32.2. The van der Waals surface area contributed by atoms with Crippen molar-refractivity contribution in [2.75, 3.05) is 31.2 Å². The molecule has 0 bridgehead atoms. The highest BCUT2D eigenvalue weighted by Gasteiger charge is 2.22. The number of urea groups is 1. The Balaban J connectivity index is 1.72. The van der Waals surface area contributed by atoms with Gasteiger partial charge in [-0.3, -0.25) is 0 Å². The van der Waals surface area contributed by atoms with E-state index in [2.05, 4.69) is 15.3 Å². The molecule has 29 heavy (non-hydrogen) atoms. The Morgan fingerprint density at radius 1 is 1.34 bits per heavy atom. The second-order valence-electron chi connectivity index (χ2n) is 8.03. The summed E-state index contributed by atoms with van der Waals surface area (Å²) in [7, 11) is -3.25. The van der Waals surface area contributed by atoms with Gasteiger partial charge in [0.15, 0.2) is 9.84 Å². The first-order valence-corrected chi connectivity index (χ1v) is 12.0. The SMILES string of the molecule is Cc1nc(NCCCC2CCN(C(=O)N=C(N)C(C)C)CC2)ccc1S(C)(=O)=O. The Bertz CT molecular complexity index is 844. The Morgan fingerprint density at radius 3 is 2.55 bits per heavy atom. The van der Waals surface area contributed by atoms with Crippen molar-refractivity contribution in [3.05, 3.63) is 17.8 Å². The summed E-state index contributed by atoms with van der Waals surface area (Å²) < 4.78 is 23.3. The van der Waals surface area contributed by atoms with E-state index in [0.29, 0.717) is 23.3 Å². The first-order chi connectivity index (χ1) is 13.6. The molecule has 1 fully saturated rings. The summed E-state index contributed by atoms with van der Waals surface area (Å²) in [6, 6.07) is 3.08. The zero-order valence-electron chi connectivity index (χ0n) is 17.8. The molecule has 0 aliphatic carbocycles. The van der Waals surface area contributed by atoms with Crippen molar-refractivity contribution in [2.24, 2.45) is 22.6 Å². The number of amidine groups is 1. The number of hydrogen-bond acceptors (Lipinski definition) is 5. The number of nitrogens with zero attached hydrogens (tertiary/aromatic N) is 3. The van der Waals surface area contributed by atoms with Crippen LogP contribution in [-0.2, 0) is 9.84 Å². The van der Waals surface area contributed by atoms with Gasteiger partial charge in [-0.05, 0) is 50.7 Å². The fourth-order valence-corrected chi connectivity index (χ4v) is 4.27. The van der Waals surface area contributed by atoms with E-state index in [-0.39, 0.29) is 16.8 Å². The van der Waals surface area contributed by atoms with Gasteiger partial charge >= 0.3 is 6.03 Å². The van der Waals surface area contributed by atoms with Crippen LogP contribution in [0.1, 0.15) is 45.2 Å². The molecule has 1 aromatic heterocycles. The van der Waals surface area contributed by atoms with Crippen molar-refractivity contribution in [2.45, 2.75) is 51.3 Å². The number of carbonyl (C=O) groups excluding carboxylic acids is 1. The molecule has 1 aliphatic heterocycles. The Morgan fingerprint density at radius 2 is 2.00 bits per heavy atom. The van der Waals surface area contributed by atoms with Crippen LogP contribution >= 0.6 is 0 Å². The van der Waals surface area contributed by atoms with Crippen LogP contribution in [-0.4, -0.2) is 56.1 Å². The van der Waals surface area contributed by atoms with Crippen LogP contribution in [0.15, 0.2) is 22.0 Å². The van der Waals surface area contributed by atoms with E-state index < -0.39 is 9.84 Å². The zero-order valence-corrected chi connectivity index (χ0v) is 18.6. The van der Waals surface area contributed by atoms with Crippen LogP contribution in [0.5, 0.6) is 0 Å². The number of rotatable bonds is 7. The molecule has 8 nitrogen and oxygen atoms in total. The number of aryl methyl sites for hydroxylation is 1. The van der Waals surface area contributed by atoms with Crippen LogP contribution in [0.4, 0.5) is 10.6 Å². The van der Waals surface area contributed by atoms with E-state index in [1.165, 1.54) is 6.26 Å². The second kappa shape index (κ2) is 10.0. The van der Waals surface area contributed by atoms with Crippen molar-refractivity contribution in [1.82, 2.24) is 9.88 Å². The molecule has 162 valence electrons. The number of nitrogens with two attached hydrogens (primary N) is 1. The Kier molecular flexibility index (Phi) is 8.01. The molecule has 0 saturated carbocycles. The largest absolute Gasteiger partial charge is 0.387 e. The molecule has 1 aliphatic rings. The van der Waals surface area contributed by atoms with Gasteiger partial charge in [0.25, 0.3) is 0 Å². The van der Waals surface area contributed by atoms with Crippen molar-refractivity contribution >= 4 is 27.5 Å². The minimum atomic E-state index is -3.25. The number of anilines is 1. The maximum atomic E-state index is 12.2. The molecule has 0 spiro atoms. The molecular formula is C20H33N5O3S. The molecule has 0 atom stereocenters. The van der Waals surface area contributed by atoms with E-state index in [9.17, 15) is 13.2 Å². The van der Waals surface area contributed by atoms with E-state index in [1.54, 1.807) is 24.0 Å². The number of sulfone groups is 1. The summed E-state index contributed by atoms with van der Waals surface area (Å²) in [4.78, 5) is 22.5. The number of piperidine rings is 1. The topological polar surface area (TPSA) is 118 Å². The van der Waals surface area contributed by atoms with Gasteiger partial charge in [0.05, 0.1) is 10.6 Å². The number of aromatic nitrogens is 1. The van der Waals surface area contributed by atoms with E-state index in [1.807, 2.05) is 13.8 Å². The number of carbonyl (C=O) groups is 1. The normalized spacial score (nSPS) is 16.3. The summed E-state index contributed by atoms with van der Waals surface area (Å²) in [5, 5.41) is 3.26. The average molecular weight is 424 g/mol. The Hall–Kier alpha value is -2.16. The van der Waals surface area contributed by atoms with Crippen LogP contribution in [0.2, 0.25) is 0 Å². The second-order valence-corrected chi connectivity index (χ2v) is 10.0. The molecule has 3 N–H and O–H groups in total. The monoisotopic (exact) mass is 423 g/mol. The predicted octanol–water partition coefficient (Wildman–Crippen LogP) is 2.83. The number of likely N-dealkylation sites (tertiary alicyclic amines) is 1. The fraction of sp³-hybridized carbons (Fsp3) is 0.650. The van der Waals surface area contributed by atoms with Crippen LogP contribution in [0.25, 0.3) is 0 Å². The number of aliphatic imine (C=N–C) groups is 1. The lowest BCUT2D eigenvalue weighted by atomic mass is 9.92. The molecule has 2 heterocycles. The lowest BCUT2D eigenvalue weighted by Gasteiger charge is -2.31. The van der Waals surface area contributed by atoms with Gasteiger partial charge in [0.2, 0.25) is 0 Å². The highest BCUT2D eigenvalue weighted by Crippen LogP contribution is 2.22. The smallest absolute Gasteiger partial charge is 0.345 e. The number of pyridine rings is 1. The summed E-state index contributed by atoms with van der Waals surface area (Å²) in [5.41, 5.74) is 6.29. The van der Waals surface area contributed by atoms with Crippen molar-refractivity contribution in [3.8, 4) is 0 Å². The first-order valence-electron chi connectivity index (χ1n) is 10.1. The molecule has 1 saturated heterocycles. The standard InChI is InChI=1S/C20H33N5O3S/c1-14(2)19(21)24-20(26)25-12-9-16(10-13-25)6-5-11-22-18-8-7-17(15(3)23-18)29(4,27)28/h7-8,14,16H,5-6,9-13H2,1-4H3,(H,22,23)(H2,21,24,26). The van der Waals surface area contributed by atoms with E-state index in [4.69, 9.17) is 5.73 Å². The quantitative estimate of drug-likeness (QED) is 0.395. The molecule has 0 radical (unpaired) electrons. The van der Waals surface area contributed by atoms with Crippen LogP contribution in [0, 0.1) is 18.8 Å². The number of hydrogen-bond donors (Lipinski definition) is 2. The summed E-state index contributed by atoms with van der Waals surface area (Å²) in [6.45, 7) is 7.76. The van der Waals surface area contributed by atoms with Gasteiger partial charge in [-0.25, -0.2) is 18.2 Å². The third kappa shape index (κ3) is 6.99. The van der Waals surface area contributed by atoms with Gasteiger partial charge in [0.1, 0.15) is 11.7 Å². The highest BCUT2D eigenvalue weighted by molar-refractivity contribution is 7.90. The third-order valence-electron chi connectivity index (χ3n) is 5.23. The van der Waals surface area contributed by atoms with Gasteiger partial charge in [0, 0.05) is 31.8 Å². The van der Waals surface area contributed by atoms with Gasteiger partial charge in [-0.15, -0.1) is 0 Å². The summed E-state index contributed by atoms with van der Waals surface area (Å²) in [5.74, 6) is 1.74. The molecule has 2 rings (SSSR count). The summed E-state index contributed by atoms with van der Waals surface area (Å²) in [6.07, 6.45) is 5.21. The van der Waals surface area contributed by atoms with Crippen LogP contribution in [0.3, 0.4) is 0 Å². The molecule has 0 unspecified atom stereocenters.